The van der Waals surface area contributed by atoms with E-state index in [4.69, 9.17) is 9.47 Å². The van der Waals surface area contributed by atoms with Gasteiger partial charge < -0.3 is 14.4 Å². The molecule has 7 heteroatoms. The van der Waals surface area contributed by atoms with Crippen LogP contribution in [-0.2, 0) is 20.8 Å². The second kappa shape index (κ2) is 7.81. The van der Waals surface area contributed by atoms with Crippen molar-refractivity contribution in [1.29, 1.82) is 0 Å². The van der Waals surface area contributed by atoms with Gasteiger partial charge in [0, 0.05) is 39.6 Å². The maximum Gasteiger partial charge on any atom is 0.248 e. The van der Waals surface area contributed by atoms with Gasteiger partial charge in [-0.1, -0.05) is 0 Å². The van der Waals surface area contributed by atoms with Crippen LogP contribution >= 0.6 is 0 Å². The van der Waals surface area contributed by atoms with Crippen LogP contribution in [0.1, 0.15) is 19.7 Å². The third-order valence-electron chi connectivity index (χ3n) is 3.56. The first-order chi connectivity index (χ1) is 10.9. The van der Waals surface area contributed by atoms with E-state index in [0.717, 1.165) is 18.9 Å². The van der Waals surface area contributed by atoms with Crippen LogP contribution < -0.4 is 0 Å². The Bertz CT molecular complexity index is 507. The quantitative estimate of drug-likeness (QED) is 0.762. The van der Waals surface area contributed by atoms with E-state index in [0.29, 0.717) is 13.2 Å². The fourth-order valence-corrected chi connectivity index (χ4v) is 2.64. The first-order valence-electron chi connectivity index (χ1n) is 7.80. The van der Waals surface area contributed by atoms with Crippen molar-refractivity contribution < 1.29 is 14.3 Å². The van der Waals surface area contributed by atoms with Crippen LogP contribution in [0.3, 0.4) is 0 Å². The van der Waals surface area contributed by atoms with Crippen molar-refractivity contribution in [3.63, 3.8) is 0 Å². The van der Waals surface area contributed by atoms with E-state index in [2.05, 4.69) is 28.7 Å². The van der Waals surface area contributed by atoms with E-state index in [1.165, 1.54) is 4.90 Å². The summed E-state index contributed by atoms with van der Waals surface area (Å²) in [6.45, 7) is 6.81. The first-order valence-corrected chi connectivity index (χ1v) is 7.80. The van der Waals surface area contributed by atoms with E-state index in [9.17, 15) is 4.79 Å². The molecule has 0 saturated carbocycles. The summed E-state index contributed by atoms with van der Waals surface area (Å²) in [6.07, 6.45) is 3.43. The van der Waals surface area contributed by atoms with Gasteiger partial charge in [0.2, 0.25) is 5.91 Å². The molecule has 0 bridgehead atoms. The number of likely N-dealkylation sites (N-methyl/N-ethyl adjacent to an activating group) is 1. The predicted molar refractivity (Wildman–Crippen MR) is 85.8 cm³/mol. The topological polar surface area (TPSA) is 67.8 Å². The minimum absolute atomic E-state index is 0.0467. The Morgan fingerprint density at radius 1 is 1.43 bits per heavy atom. The summed E-state index contributed by atoms with van der Waals surface area (Å²) in [5.74, 6) is 0.752. The average Bonchev–Trinajstić information content (AvgIpc) is 2.46. The monoisotopic (exact) mass is 322 g/mol. The van der Waals surface area contributed by atoms with Crippen LogP contribution in [0.25, 0.3) is 0 Å². The van der Waals surface area contributed by atoms with Gasteiger partial charge in [0.25, 0.3) is 0 Å². The summed E-state index contributed by atoms with van der Waals surface area (Å²) in [6, 6.07) is 1.81. The molecular formula is C16H26N4O3. The Labute approximate surface area is 137 Å². The van der Waals surface area contributed by atoms with E-state index >= 15 is 0 Å². The van der Waals surface area contributed by atoms with Crippen molar-refractivity contribution >= 4 is 5.91 Å². The van der Waals surface area contributed by atoms with Crippen molar-refractivity contribution in [3.05, 3.63) is 24.3 Å². The Morgan fingerprint density at radius 3 is 2.78 bits per heavy atom. The molecule has 1 aromatic rings. The fourth-order valence-electron chi connectivity index (χ4n) is 2.64. The molecule has 0 aliphatic carbocycles. The lowest BCUT2D eigenvalue weighted by atomic mass is 10.1. The standard InChI is InChI=1S/C16H26N4O3/c1-16(2)12-20(9-14-17-6-5-7-18-14)8-13(23-16)10-22-11-15(21)19(3)4/h5-7,13H,8-12H2,1-4H3. The number of carbonyl (C=O) groups is 1. The highest BCUT2D eigenvalue weighted by Crippen LogP contribution is 2.22. The van der Waals surface area contributed by atoms with Crippen molar-refractivity contribution in [1.82, 2.24) is 19.8 Å². The molecule has 7 nitrogen and oxygen atoms in total. The second-order valence-electron chi connectivity index (χ2n) is 6.64. The van der Waals surface area contributed by atoms with Crippen molar-refractivity contribution in [2.24, 2.45) is 0 Å². The minimum Gasteiger partial charge on any atom is -0.369 e. The molecule has 128 valence electrons. The van der Waals surface area contributed by atoms with Crippen molar-refractivity contribution in [3.8, 4) is 0 Å². The molecule has 1 aliphatic heterocycles. The van der Waals surface area contributed by atoms with Gasteiger partial charge in [-0.2, -0.15) is 0 Å². The van der Waals surface area contributed by atoms with E-state index < -0.39 is 0 Å². The van der Waals surface area contributed by atoms with E-state index in [1.807, 2.05) is 6.07 Å². The largest absolute Gasteiger partial charge is 0.369 e. The molecule has 2 rings (SSSR count). The van der Waals surface area contributed by atoms with E-state index in [-0.39, 0.29) is 24.2 Å². The fraction of sp³-hybridized carbons (Fsp3) is 0.688. The molecule has 1 unspecified atom stereocenters. The van der Waals surface area contributed by atoms with Crippen LogP contribution in [-0.4, -0.2) is 77.8 Å². The molecule has 2 heterocycles. The third-order valence-corrected chi connectivity index (χ3v) is 3.56. The second-order valence-corrected chi connectivity index (χ2v) is 6.64. The number of carbonyl (C=O) groups excluding carboxylic acids is 1. The van der Waals surface area contributed by atoms with Crippen LogP contribution in [0.5, 0.6) is 0 Å². The zero-order chi connectivity index (χ0) is 16.9. The van der Waals surface area contributed by atoms with Gasteiger partial charge in [-0.05, 0) is 19.9 Å². The Morgan fingerprint density at radius 2 is 2.13 bits per heavy atom. The normalized spacial score (nSPS) is 21.1. The molecule has 1 amide bonds. The predicted octanol–water partition coefficient (Wildman–Crippen LogP) is 0.561. The molecule has 1 saturated heterocycles. The van der Waals surface area contributed by atoms with Gasteiger partial charge in [-0.15, -0.1) is 0 Å². The number of morpholine rings is 1. The Balaban J connectivity index is 1.87. The average molecular weight is 322 g/mol. The zero-order valence-electron chi connectivity index (χ0n) is 14.4. The lowest BCUT2D eigenvalue weighted by Crippen LogP contribution is -2.53. The molecule has 1 atom stereocenters. The molecular weight excluding hydrogens is 296 g/mol. The molecule has 23 heavy (non-hydrogen) atoms. The summed E-state index contributed by atoms with van der Waals surface area (Å²) in [5.41, 5.74) is -0.271. The molecule has 1 aliphatic rings. The maximum absolute atomic E-state index is 11.6. The summed E-state index contributed by atoms with van der Waals surface area (Å²) in [7, 11) is 3.43. The number of rotatable bonds is 6. The van der Waals surface area contributed by atoms with Crippen molar-refractivity contribution in [2.75, 3.05) is 40.4 Å². The number of ether oxygens (including phenoxy) is 2. The number of hydrogen-bond acceptors (Lipinski definition) is 6. The summed E-state index contributed by atoms with van der Waals surface area (Å²) in [5, 5.41) is 0. The van der Waals surface area contributed by atoms with Crippen LogP contribution in [0.4, 0.5) is 0 Å². The summed E-state index contributed by atoms with van der Waals surface area (Å²) in [4.78, 5) is 23.9. The Hall–Kier alpha value is -1.57. The molecule has 0 N–H and O–H groups in total. The molecule has 0 aromatic carbocycles. The zero-order valence-corrected chi connectivity index (χ0v) is 14.4. The van der Waals surface area contributed by atoms with Gasteiger partial charge in [0.1, 0.15) is 12.4 Å². The SMILES string of the molecule is CN(C)C(=O)COCC1CN(Cc2ncccn2)CC(C)(C)O1. The molecule has 1 aromatic heterocycles. The van der Waals surface area contributed by atoms with Gasteiger partial charge in [0.05, 0.1) is 24.9 Å². The highest BCUT2D eigenvalue weighted by atomic mass is 16.5. The van der Waals surface area contributed by atoms with Gasteiger partial charge in [-0.3, -0.25) is 9.69 Å². The van der Waals surface area contributed by atoms with Crippen LogP contribution in [0, 0.1) is 0 Å². The number of hydrogen-bond donors (Lipinski definition) is 0. The van der Waals surface area contributed by atoms with E-state index in [1.54, 1.807) is 26.5 Å². The number of nitrogens with zero attached hydrogens (tertiary/aromatic N) is 4. The minimum atomic E-state index is -0.271. The highest BCUT2D eigenvalue weighted by molar-refractivity contribution is 5.76. The first kappa shape index (κ1) is 17.8. The third kappa shape index (κ3) is 5.85. The van der Waals surface area contributed by atoms with Crippen molar-refractivity contribution in [2.45, 2.75) is 32.1 Å². The summed E-state index contributed by atoms with van der Waals surface area (Å²) < 4.78 is 11.6. The molecule has 1 fully saturated rings. The van der Waals surface area contributed by atoms with Gasteiger partial charge >= 0.3 is 0 Å². The van der Waals surface area contributed by atoms with Gasteiger partial charge in [-0.25, -0.2) is 9.97 Å². The highest BCUT2D eigenvalue weighted by Gasteiger charge is 2.33. The van der Waals surface area contributed by atoms with Crippen LogP contribution in [0.15, 0.2) is 18.5 Å². The summed E-state index contributed by atoms with van der Waals surface area (Å²) >= 11 is 0. The van der Waals surface area contributed by atoms with Gasteiger partial charge in [0.15, 0.2) is 0 Å². The number of amides is 1. The molecule has 0 spiro atoms. The lowest BCUT2D eigenvalue weighted by molar-refractivity contribution is -0.161. The van der Waals surface area contributed by atoms with Crippen LogP contribution in [0.2, 0.25) is 0 Å². The molecule has 0 radical (unpaired) electrons. The Kier molecular flexibility index (Phi) is 6.04. The maximum atomic E-state index is 11.6. The number of aromatic nitrogens is 2. The lowest BCUT2D eigenvalue weighted by Gasteiger charge is -2.42. The smallest absolute Gasteiger partial charge is 0.248 e.